The largest absolute Gasteiger partial charge is 0.333 e. The summed E-state index contributed by atoms with van der Waals surface area (Å²) in [7, 11) is 0. The average molecular weight is 349 g/mol. The molecule has 0 bridgehead atoms. The minimum atomic E-state index is -0.448. The second-order valence-corrected chi connectivity index (χ2v) is 7.95. The van der Waals surface area contributed by atoms with Crippen molar-refractivity contribution >= 4 is 11.9 Å². The molecular formula is C20H34N3O2+. The minimum absolute atomic E-state index is 0.187. The van der Waals surface area contributed by atoms with Gasteiger partial charge in [-0.15, -0.1) is 0 Å². The van der Waals surface area contributed by atoms with Crippen LogP contribution in [0, 0.1) is 5.92 Å². The van der Waals surface area contributed by atoms with Crippen LogP contribution in [-0.2, 0) is 11.2 Å². The molecule has 1 aromatic carbocycles. The van der Waals surface area contributed by atoms with E-state index in [9.17, 15) is 9.59 Å². The SMILES string of the molecule is CCCc1ccc([C@H]([NH2+]CC(=O)NC(=O)NC(C)(C)C)C(C)C)cc1. The second kappa shape index (κ2) is 9.56. The molecule has 0 saturated heterocycles. The quantitative estimate of drug-likeness (QED) is 0.708. The Kier molecular flexibility index (Phi) is 8.10. The van der Waals surface area contributed by atoms with E-state index in [0.717, 1.165) is 12.8 Å². The van der Waals surface area contributed by atoms with Crippen LogP contribution in [0.3, 0.4) is 0 Å². The molecule has 1 rings (SSSR count). The number of hydrogen-bond donors (Lipinski definition) is 3. The van der Waals surface area contributed by atoms with Crippen molar-refractivity contribution in [2.24, 2.45) is 5.92 Å². The normalized spacial score (nSPS) is 12.8. The van der Waals surface area contributed by atoms with Gasteiger partial charge in [-0.1, -0.05) is 51.5 Å². The first-order chi connectivity index (χ1) is 11.6. The number of quaternary nitrogens is 1. The standard InChI is InChI=1S/C20H33N3O2/c1-7-8-15-9-11-16(12-10-15)18(14(2)3)21-13-17(24)22-19(25)23-20(4,5)6/h9-12,14,18,21H,7-8,13H2,1-6H3,(H2,22,23,24,25)/p+1/t18-/m1/s1. The van der Waals surface area contributed by atoms with Gasteiger partial charge in [0.05, 0.1) is 0 Å². The Balaban J connectivity index is 2.61. The van der Waals surface area contributed by atoms with Gasteiger partial charge in [0.2, 0.25) is 0 Å². The van der Waals surface area contributed by atoms with Crippen molar-refractivity contribution in [3.05, 3.63) is 35.4 Å². The Bertz CT molecular complexity index is 559. The molecular weight excluding hydrogens is 314 g/mol. The van der Waals surface area contributed by atoms with Crippen LogP contribution in [0.15, 0.2) is 24.3 Å². The molecule has 0 aliphatic rings. The summed E-state index contributed by atoms with van der Waals surface area (Å²) in [5, 5.41) is 7.11. The molecule has 140 valence electrons. The van der Waals surface area contributed by atoms with Crippen molar-refractivity contribution in [3.8, 4) is 0 Å². The zero-order valence-corrected chi connectivity index (χ0v) is 16.5. The van der Waals surface area contributed by atoms with Gasteiger partial charge >= 0.3 is 6.03 Å². The fourth-order valence-corrected chi connectivity index (χ4v) is 2.77. The number of carbonyl (C=O) groups is 2. The predicted molar refractivity (Wildman–Crippen MR) is 101 cm³/mol. The van der Waals surface area contributed by atoms with Crippen LogP contribution in [0.4, 0.5) is 4.79 Å². The summed E-state index contributed by atoms with van der Waals surface area (Å²) in [4.78, 5) is 23.8. The first kappa shape index (κ1) is 21.2. The molecule has 0 heterocycles. The van der Waals surface area contributed by atoms with Gasteiger partial charge in [0, 0.05) is 17.0 Å². The van der Waals surface area contributed by atoms with E-state index in [2.05, 4.69) is 55.7 Å². The van der Waals surface area contributed by atoms with Crippen molar-refractivity contribution in [3.63, 3.8) is 0 Å². The number of nitrogens with two attached hydrogens (primary N) is 1. The van der Waals surface area contributed by atoms with Crippen LogP contribution in [0.2, 0.25) is 0 Å². The smallest absolute Gasteiger partial charge is 0.322 e. The molecule has 0 aromatic heterocycles. The highest BCUT2D eigenvalue weighted by Gasteiger charge is 2.22. The molecule has 0 fully saturated rings. The monoisotopic (exact) mass is 348 g/mol. The fourth-order valence-electron chi connectivity index (χ4n) is 2.77. The molecule has 0 radical (unpaired) electrons. The van der Waals surface area contributed by atoms with Gasteiger partial charge in [0.15, 0.2) is 6.54 Å². The highest BCUT2D eigenvalue weighted by molar-refractivity contribution is 5.94. The van der Waals surface area contributed by atoms with Crippen molar-refractivity contribution < 1.29 is 14.9 Å². The number of amides is 3. The number of urea groups is 1. The number of carbonyl (C=O) groups excluding carboxylic acids is 2. The lowest BCUT2D eigenvalue weighted by Gasteiger charge is -2.21. The van der Waals surface area contributed by atoms with Gasteiger partial charge < -0.3 is 10.6 Å². The van der Waals surface area contributed by atoms with Crippen LogP contribution in [0.1, 0.15) is 65.1 Å². The maximum absolute atomic E-state index is 12.0. The number of benzene rings is 1. The van der Waals surface area contributed by atoms with Crippen molar-refractivity contribution in [2.45, 2.75) is 66.0 Å². The number of imide groups is 1. The van der Waals surface area contributed by atoms with E-state index < -0.39 is 6.03 Å². The van der Waals surface area contributed by atoms with Gasteiger partial charge in [0.25, 0.3) is 5.91 Å². The summed E-state index contributed by atoms with van der Waals surface area (Å²) in [6.45, 7) is 12.3. The molecule has 0 aliphatic heterocycles. The van der Waals surface area contributed by atoms with Gasteiger partial charge in [-0.25, -0.2) is 4.79 Å². The van der Waals surface area contributed by atoms with Gasteiger partial charge in [-0.3, -0.25) is 10.1 Å². The van der Waals surface area contributed by atoms with Crippen LogP contribution in [0.5, 0.6) is 0 Å². The lowest BCUT2D eigenvalue weighted by molar-refractivity contribution is -0.692. The Morgan fingerprint density at radius 2 is 1.72 bits per heavy atom. The van der Waals surface area contributed by atoms with E-state index in [4.69, 9.17) is 0 Å². The van der Waals surface area contributed by atoms with E-state index in [-0.39, 0.29) is 24.0 Å². The zero-order valence-electron chi connectivity index (χ0n) is 16.5. The summed E-state index contributed by atoms with van der Waals surface area (Å²) in [6.07, 6.45) is 2.22. The van der Waals surface area contributed by atoms with Gasteiger partial charge in [0.1, 0.15) is 6.04 Å². The van der Waals surface area contributed by atoms with Crippen LogP contribution < -0.4 is 16.0 Å². The molecule has 1 atom stereocenters. The lowest BCUT2D eigenvalue weighted by Crippen LogP contribution is -2.88. The number of nitrogens with one attached hydrogen (secondary N) is 2. The molecule has 5 nitrogen and oxygen atoms in total. The summed E-state index contributed by atoms with van der Waals surface area (Å²) < 4.78 is 0. The third kappa shape index (κ3) is 8.16. The maximum atomic E-state index is 12.0. The molecule has 4 N–H and O–H groups in total. The number of aryl methyl sites for hydroxylation is 1. The molecule has 0 unspecified atom stereocenters. The summed E-state index contributed by atoms with van der Waals surface area (Å²) >= 11 is 0. The molecule has 0 aliphatic carbocycles. The molecule has 0 spiro atoms. The zero-order chi connectivity index (χ0) is 19.0. The van der Waals surface area contributed by atoms with E-state index in [1.807, 2.05) is 26.1 Å². The van der Waals surface area contributed by atoms with Crippen LogP contribution in [-0.4, -0.2) is 24.0 Å². The molecule has 0 saturated carbocycles. The van der Waals surface area contributed by atoms with Gasteiger partial charge in [-0.2, -0.15) is 0 Å². The van der Waals surface area contributed by atoms with Crippen LogP contribution >= 0.6 is 0 Å². The average Bonchev–Trinajstić information content (AvgIpc) is 2.47. The minimum Gasteiger partial charge on any atom is -0.333 e. The molecule has 3 amide bonds. The highest BCUT2D eigenvalue weighted by atomic mass is 16.2. The Morgan fingerprint density at radius 3 is 2.20 bits per heavy atom. The van der Waals surface area contributed by atoms with E-state index in [1.54, 1.807) is 0 Å². The number of hydrogen-bond acceptors (Lipinski definition) is 2. The highest BCUT2D eigenvalue weighted by Crippen LogP contribution is 2.18. The van der Waals surface area contributed by atoms with Crippen molar-refractivity contribution in [2.75, 3.05) is 6.54 Å². The van der Waals surface area contributed by atoms with Crippen LogP contribution in [0.25, 0.3) is 0 Å². The Labute approximate surface area is 152 Å². The Hall–Kier alpha value is -1.88. The molecule has 1 aromatic rings. The molecule has 25 heavy (non-hydrogen) atoms. The molecule has 5 heteroatoms. The fraction of sp³-hybridized carbons (Fsp3) is 0.600. The first-order valence-corrected chi connectivity index (χ1v) is 9.16. The topological polar surface area (TPSA) is 74.8 Å². The third-order valence-electron chi connectivity index (χ3n) is 3.92. The number of rotatable bonds is 7. The third-order valence-corrected chi connectivity index (χ3v) is 3.92. The van der Waals surface area contributed by atoms with E-state index >= 15 is 0 Å². The summed E-state index contributed by atoms with van der Waals surface area (Å²) in [5.41, 5.74) is 2.18. The van der Waals surface area contributed by atoms with Crippen molar-refractivity contribution in [1.29, 1.82) is 0 Å². The second-order valence-electron chi connectivity index (χ2n) is 7.95. The maximum Gasteiger partial charge on any atom is 0.322 e. The predicted octanol–water partition coefficient (Wildman–Crippen LogP) is 2.52. The van der Waals surface area contributed by atoms with Gasteiger partial charge in [-0.05, 0) is 32.8 Å². The summed E-state index contributed by atoms with van der Waals surface area (Å²) in [6, 6.07) is 8.37. The summed E-state index contributed by atoms with van der Waals surface area (Å²) in [5.74, 6) is 0.100. The van der Waals surface area contributed by atoms with Crippen molar-refractivity contribution in [1.82, 2.24) is 10.6 Å². The Morgan fingerprint density at radius 1 is 1.12 bits per heavy atom. The van der Waals surface area contributed by atoms with E-state index in [0.29, 0.717) is 5.92 Å². The van der Waals surface area contributed by atoms with E-state index in [1.165, 1.54) is 11.1 Å². The first-order valence-electron chi connectivity index (χ1n) is 9.16. The lowest BCUT2D eigenvalue weighted by atomic mass is 9.94.